The quantitative estimate of drug-likeness (QED) is 0.306. The van der Waals surface area contributed by atoms with Crippen LogP contribution in [0.15, 0.2) is 79.0 Å². The number of nitrogens with zero attached hydrogens (tertiary/aromatic N) is 2. The minimum Gasteiger partial charge on any atom is -0.476 e. The van der Waals surface area contributed by atoms with Crippen molar-refractivity contribution in [3.8, 4) is 5.88 Å². The van der Waals surface area contributed by atoms with E-state index in [1.165, 1.54) is 39.7 Å². The standard InChI is InChI=1S/C28H25FN2O/c1-19-20(2)31(18-22-7-10-23-5-3-4-6-24(23)17-22)27-26(19)13-15-30-28(27)32-16-14-21-8-11-25(29)12-9-21/h3-13,15,17H,14,16,18H2,1-2H3. The zero-order valence-corrected chi connectivity index (χ0v) is 18.3. The molecule has 0 amide bonds. The number of benzene rings is 3. The van der Waals surface area contributed by atoms with Gasteiger partial charge in [0, 0.05) is 30.2 Å². The Morgan fingerprint density at radius 2 is 1.62 bits per heavy atom. The molecular weight excluding hydrogens is 399 g/mol. The van der Waals surface area contributed by atoms with E-state index in [9.17, 15) is 4.39 Å². The molecule has 0 aliphatic rings. The van der Waals surface area contributed by atoms with Gasteiger partial charge in [0.2, 0.25) is 5.88 Å². The summed E-state index contributed by atoms with van der Waals surface area (Å²) in [4.78, 5) is 4.56. The molecule has 0 aliphatic carbocycles. The number of halogens is 1. The van der Waals surface area contributed by atoms with Crippen LogP contribution in [0.1, 0.15) is 22.4 Å². The lowest BCUT2D eigenvalue weighted by molar-refractivity contribution is 0.312. The van der Waals surface area contributed by atoms with Crippen LogP contribution in [-0.4, -0.2) is 16.2 Å². The van der Waals surface area contributed by atoms with Crippen molar-refractivity contribution in [3.05, 3.63) is 107 Å². The van der Waals surface area contributed by atoms with Gasteiger partial charge < -0.3 is 9.30 Å². The van der Waals surface area contributed by atoms with Crippen molar-refractivity contribution in [2.45, 2.75) is 26.8 Å². The van der Waals surface area contributed by atoms with Crippen molar-refractivity contribution in [1.82, 2.24) is 9.55 Å². The first-order chi connectivity index (χ1) is 15.6. The molecule has 160 valence electrons. The number of fused-ring (bicyclic) bond motifs is 2. The average molecular weight is 425 g/mol. The van der Waals surface area contributed by atoms with Gasteiger partial charge in [-0.3, -0.25) is 0 Å². The van der Waals surface area contributed by atoms with E-state index in [4.69, 9.17) is 4.74 Å². The minimum atomic E-state index is -0.224. The van der Waals surface area contributed by atoms with Crippen LogP contribution >= 0.6 is 0 Å². The topological polar surface area (TPSA) is 27.1 Å². The first-order valence-electron chi connectivity index (χ1n) is 10.9. The fraction of sp³-hybridized carbons (Fsp3) is 0.179. The molecule has 5 rings (SSSR count). The molecule has 0 N–H and O–H groups in total. The zero-order chi connectivity index (χ0) is 22.1. The summed E-state index contributed by atoms with van der Waals surface area (Å²) in [6, 6.07) is 23.7. The molecule has 0 saturated carbocycles. The van der Waals surface area contributed by atoms with Gasteiger partial charge in [0.25, 0.3) is 0 Å². The third kappa shape index (κ3) is 3.84. The van der Waals surface area contributed by atoms with E-state index < -0.39 is 0 Å². The SMILES string of the molecule is Cc1c(C)n(Cc2ccc3ccccc3c2)c2c(OCCc3ccc(F)cc3)nccc12. The number of rotatable bonds is 6. The molecule has 0 bridgehead atoms. The maximum absolute atomic E-state index is 13.2. The van der Waals surface area contributed by atoms with Gasteiger partial charge >= 0.3 is 0 Å². The first kappa shape index (κ1) is 20.3. The van der Waals surface area contributed by atoms with Crippen LogP contribution in [0.3, 0.4) is 0 Å². The van der Waals surface area contributed by atoms with E-state index in [0.29, 0.717) is 18.9 Å². The van der Waals surface area contributed by atoms with Crippen molar-refractivity contribution in [2.24, 2.45) is 0 Å². The maximum atomic E-state index is 13.2. The summed E-state index contributed by atoms with van der Waals surface area (Å²) in [6.07, 6.45) is 2.50. The van der Waals surface area contributed by atoms with E-state index in [1.807, 2.05) is 6.20 Å². The highest BCUT2D eigenvalue weighted by Gasteiger charge is 2.16. The predicted octanol–water partition coefficient (Wildman–Crippen LogP) is 6.62. The summed E-state index contributed by atoms with van der Waals surface area (Å²) < 4.78 is 21.6. The molecule has 0 saturated heterocycles. The molecule has 0 spiro atoms. The lowest BCUT2D eigenvalue weighted by Gasteiger charge is -2.13. The Balaban J connectivity index is 1.46. The van der Waals surface area contributed by atoms with Crippen molar-refractivity contribution in [1.29, 1.82) is 0 Å². The maximum Gasteiger partial charge on any atom is 0.238 e. The van der Waals surface area contributed by atoms with Gasteiger partial charge in [0.1, 0.15) is 11.3 Å². The normalized spacial score (nSPS) is 11.3. The number of pyridine rings is 1. The monoisotopic (exact) mass is 424 g/mol. The lowest BCUT2D eigenvalue weighted by atomic mass is 10.1. The Labute approximate surface area is 187 Å². The summed E-state index contributed by atoms with van der Waals surface area (Å²) in [7, 11) is 0. The second kappa shape index (κ2) is 8.46. The van der Waals surface area contributed by atoms with Gasteiger partial charge in [-0.05, 0) is 65.6 Å². The molecule has 4 heteroatoms. The van der Waals surface area contributed by atoms with Crippen LogP contribution in [0.25, 0.3) is 21.7 Å². The summed E-state index contributed by atoms with van der Waals surface area (Å²) in [5.74, 6) is 0.417. The van der Waals surface area contributed by atoms with Crippen LogP contribution in [0.4, 0.5) is 4.39 Å². The number of aromatic nitrogens is 2. The first-order valence-corrected chi connectivity index (χ1v) is 10.9. The molecule has 2 heterocycles. The largest absolute Gasteiger partial charge is 0.476 e. The molecule has 0 fully saturated rings. The molecule has 3 aromatic carbocycles. The number of hydrogen-bond acceptors (Lipinski definition) is 2. The summed E-state index contributed by atoms with van der Waals surface area (Å²) in [6.45, 7) is 5.54. The molecule has 0 atom stereocenters. The molecule has 3 nitrogen and oxygen atoms in total. The summed E-state index contributed by atoms with van der Waals surface area (Å²) in [5.41, 5.74) is 5.76. The van der Waals surface area contributed by atoms with Gasteiger partial charge in [-0.25, -0.2) is 9.37 Å². The van der Waals surface area contributed by atoms with Crippen molar-refractivity contribution >= 4 is 21.7 Å². The highest BCUT2D eigenvalue weighted by atomic mass is 19.1. The van der Waals surface area contributed by atoms with Crippen LogP contribution in [-0.2, 0) is 13.0 Å². The molecule has 5 aromatic rings. The van der Waals surface area contributed by atoms with Gasteiger partial charge in [-0.1, -0.05) is 48.5 Å². The van der Waals surface area contributed by atoms with Crippen molar-refractivity contribution in [2.75, 3.05) is 6.61 Å². The molecule has 2 aromatic heterocycles. The van der Waals surface area contributed by atoms with Crippen molar-refractivity contribution < 1.29 is 9.13 Å². The number of aryl methyl sites for hydroxylation is 1. The zero-order valence-electron chi connectivity index (χ0n) is 18.3. The second-order valence-electron chi connectivity index (χ2n) is 8.22. The smallest absolute Gasteiger partial charge is 0.238 e. The Hall–Kier alpha value is -3.66. The van der Waals surface area contributed by atoms with E-state index in [1.54, 1.807) is 12.1 Å². The Morgan fingerprint density at radius 3 is 2.44 bits per heavy atom. The lowest BCUT2D eigenvalue weighted by Crippen LogP contribution is -2.07. The number of hydrogen-bond donors (Lipinski definition) is 0. The highest BCUT2D eigenvalue weighted by Crippen LogP contribution is 2.32. The summed E-state index contributed by atoms with van der Waals surface area (Å²) in [5, 5.41) is 3.65. The Bertz CT molecular complexity index is 1400. The van der Waals surface area contributed by atoms with E-state index in [2.05, 4.69) is 71.9 Å². The molecule has 32 heavy (non-hydrogen) atoms. The fourth-order valence-corrected chi connectivity index (χ4v) is 4.30. The van der Waals surface area contributed by atoms with Crippen LogP contribution in [0.2, 0.25) is 0 Å². The second-order valence-corrected chi connectivity index (χ2v) is 8.22. The van der Waals surface area contributed by atoms with Gasteiger partial charge in [0.05, 0.1) is 6.61 Å². The van der Waals surface area contributed by atoms with Gasteiger partial charge in [-0.15, -0.1) is 0 Å². The third-order valence-electron chi connectivity index (χ3n) is 6.21. The average Bonchev–Trinajstić information content (AvgIpc) is 3.06. The Kier molecular flexibility index (Phi) is 5.36. The van der Waals surface area contributed by atoms with Crippen LogP contribution in [0, 0.1) is 19.7 Å². The minimum absolute atomic E-state index is 0.224. The fourth-order valence-electron chi connectivity index (χ4n) is 4.30. The van der Waals surface area contributed by atoms with E-state index in [-0.39, 0.29) is 5.82 Å². The van der Waals surface area contributed by atoms with Crippen molar-refractivity contribution in [3.63, 3.8) is 0 Å². The molecule has 0 radical (unpaired) electrons. The van der Waals surface area contributed by atoms with Gasteiger partial charge in [-0.2, -0.15) is 0 Å². The third-order valence-corrected chi connectivity index (χ3v) is 6.21. The summed E-state index contributed by atoms with van der Waals surface area (Å²) >= 11 is 0. The van der Waals surface area contributed by atoms with E-state index >= 15 is 0 Å². The number of ether oxygens (including phenoxy) is 1. The molecular formula is C28H25FN2O. The van der Waals surface area contributed by atoms with Gasteiger partial charge in [0.15, 0.2) is 0 Å². The molecule has 0 aliphatic heterocycles. The van der Waals surface area contributed by atoms with Crippen LogP contribution in [0.5, 0.6) is 5.88 Å². The van der Waals surface area contributed by atoms with Crippen LogP contribution < -0.4 is 4.74 Å². The Morgan fingerprint density at radius 1 is 0.875 bits per heavy atom. The molecule has 0 unspecified atom stereocenters. The highest BCUT2D eigenvalue weighted by molar-refractivity contribution is 5.89. The van der Waals surface area contributed by atoms with E-state index in [0.717, 1.165) is 23.0 Å². The predicted molar refractivity (Wildman–Crippen MR) is 128 cm³/mol.